The molecule has 2 rings (SSSR count). The summed E-state index contributed by atoms with van der Waals surface area (Å²) in [5.41, 5.74) is 6.92. The van der Waals surface area contributed by atoms with E-state index in [0.29, 0.717) is 11.3 Å². The van der Waals surface area contributed by atoms with Crippen LogP contribution in [-0.2, 0) is 20.7 Å². The molecule has 0 aliphatic rings. The van der Waals surface area contributed by atoms with Gasteiger partial charge in [0.2, 0.25) is 0 Å². The van der Waals surface area contributed by atoms with Crippen molar-refractivity contribution in [1.29, 1.82) is 0 Å². The summed E-state index contributed by atoms with van der Waals surface area (Å²) in [5.74, 6) is -1.41. The molecular weight excluding hydrogens is 374 g/mol. The normalized spacial score (nSPS) is 12.3. The molecule has 0 fully saturated rings. The molecule has 8 heteroatoms. The minimum Gasteiger partial charge on any atom is -0.451 e. The number of ketones is 1. The molecule has 2 aromatic rings. The Morgan fingerprint density at radius 1 is 1.00 bits per heavy atom. The standard InChI is InChI=1S/C21H23N3O5/c1-13(25)16-8-10-17(11-9-16)23-19(26)14(2)29-20(27)18(24-21(22)28)12-15-6-4-3-5-7-15/h3-11,14,18H,12H2,1-2H3,(H,23,26)(H3,22,24,28)/t14-,18-/m0/s1. The molecule has 2 atom stereocenters. The highest BCUT2D eigenvalue weighted by Gasteiger charge is 2.26. The largest absolute Gasteiger partial charge is 0.451 e. The van der Waals surface area contributed by atoms with Gasteiger partial charge in [0.05, 0.1) is 0 Å². The monoisotopic (exact) mass is 397 g/mol. The van der Waals surface area contributed by atoms with Crippen molar-refractivity contribution in [3.8, 4) is 0 Å². The van der Waals surface area contributed by atoms with Crippen molar-refractivity contribution in [3.05, 3.63) is 65.7 Å². The smallest absolute Gasteiger partial charge is 0.329 e. The minimum atomic E-state index is -1.11. The number of carbonyl (C=O) groups is 4. The summed E-state index contributed by atoms with van der Waals surface area (Å²) in [6.07, 6.45) is -0.938. The Hall–Kier alpha value is -3.68. The van der Waals surface area contributed by atoms with Gasteiger partial charge in [-0.1, -0.05) is 30.3 Å². The van der Waals surface area contributed by atoms with Gasteiger partial charge in [0.1, 0.15) is 6.04 Å². The van der Waals surface area contributed by atoms with Crippen molar-refractivity contribution < 1.29 is 23.9 Å². The maximum absolute atomic E-state index is 12.5. The summed E-state index contributed by atoms with van der Waals surface area (Å²) >= 11 is 0. The average molecular weight is 397 g/mol. The Morgan fingerprint density at radius 2 is 1.62 bits per heavy atom. The molecule has 4 N–H and O–H groups in total. The molecule has 8 nitrogen and oxygen atoms in total. The Balaban J connectivity index is 1.98. The van der Waals surface area contributed by atoms with E-state index in [1.54, 1.807) is 48.5 Å². The molecule has 3 amide bonds. The lowest BCUT2D eigenvalue weighted by molar-refractivity contribution is -0.155. The molecule has 0 aliphatic carbocycles. The van der Waals surface area contributed by atoms with E-state index >= 15 is 0 Å². The molecule has 0 aliphatic heterocycles. The van der Waals surface area contributed by atoms with Crippen LogP contribution in [0.25, 0.3) is 0 Å². The molecule has 0 saturated heterocycles. The molecule has 0 spiro atoms. The van der Waals surface area contributed by atoms with E-state index in [0.717, 1.165) is 5.56 Å². The molecule has 0 radical (unpaired) electrons. The van der Waals surface area contributed by atoms with Gasteiger partial charge in [-0.3, -0.25) is 9.59 Å². The lowest BCUT2D eigenvalue weighted by Crippen LogP contribution is -2.47. The van der Waals surface area contributed by atoms with Crippen molar-refractivity contribution in [2.24, 2.45) is 5.73 Å². The van der Waals surface area contributed by atoms with Crippen LogP contribution in [0.15, 0.2) is 54.6 Å². The number of hydrogen-bond donors (Lipinski definition) is 3. The van der Waals surface area contributed by atoms with Crippen LogP contribution in [0.4, 0.5) is 10.5 Å². The first-order valence-electron chi connectivity index (χ1n) is 8.98. The van der Waals surface area contributed by atoms with Crippen molar-refractivity contribution >= 4 is 29.4 Å². The molecular formula is C21H23N3O5. The highest BCUT2D eigenvalue weighted by molar-refractivity contribution is 5.97. The summed E-state index contributed by atoms with van der Waals surface area (Å²) in [6, 6.07) is 13.5. The van der Waals surface area contributed by atoms with Crippen LogP contribution >= 0.6 is 0 Å². The van der Waals surface area contributed by atoms with Gasteiger partial charge in [-0.25, -0.2) is 9.59 Å². The van der Waals surface area contributed by atoms with E-state index in [1.807, 2.05) is 6.07 Å². The minimum absolute atomic E-state index is 0.0865. The Bertz CT molecular complexity index is 881. The number of hydrogen-bond acceptors (Lipinski definition) is 5. The van der Waals surface area contributed by atoms with Crippen LogP contribution in [0.2, 0.25) is 0 Å². The first-order valence-corrected chi connectivity index (χ1v) is 8.98. The lowest BCUT2D eigenvalue weighted by Gasteiger charge is -2.20. The van der Waals surface area contributed by atoms with Gasteiger partial charge >= 0.3 is 12.0 Å². The van der Waals surface area contributed by atoms with Crippen LogP contribution in [-0.4, -0.2) is 35.8 Å². The molecule has 0 unspecified atom stereocenters. The number of nitrogens with two attached hydrogens (primary N) is 1. The maximum atomic E-state index is 12.5. The van der Waals surface area contributed by atoms with Gasteiger partial charge in [-0.2, -0.15) is 0 Å². The number of amides is 3. The SMILES string of the molecule is CC(=O)c1ccc(NC(=O)[C@H](C)OC(=O)[C@H](Cc2ccccc2)NC(N)=O)cc1. The molecule has 0 heterocycles. The number of ether oxygens (including phenoxy) is 1. The van der Waals surface area contributed by atoms with E-state index in [2.05, 4.69) is 10.6 Å². The van der Waals surface area contributed by atoms with Crippen LogP contribution in [0.5, 0.6) is 0 Å². The van der Waals surface area contributed by atoms with Gasteiger partial charge in [-0.15, -0.1) is 0 Å². The number of esters is 1. The van der Waals surface area contributed by atoms with E-state index in [-0.39, 0.29) is 12.2 Å². The van der Waals surface area contributed by atoms with E-state index < -0.39 is 30.1 Å². The summed E-state index contributed by atoms with van der Waals surface area (Å²) in [7, 11) is 0. The second-order valence-corrected chi connectivity index (χ2v) is 6.45. The first-order chi connectivity index (χ1) is 13.8. The number of Topliss-reactive ketones (excluding diaryl/α,β-unsaturated/α-hetero) is 1. The van der Waals surface area contributed by atoms with Gasteiger partial charge in [0, 0.05) is 17.7 Å². The second-order valence-electron chi connectivity index (χ2n) is 6.45. The van der Waals surface area contributed by atoms with Crippen LogP contribution in [0, 0.1) is 0 Å². The highest BCUT2D eigenvalue weighted by Crippen LogP contribution is 2.12. The predicted octanol–water partition coefficient (Wildman–Crippen LogP) is 2.04. The Morgan fingerprint density at radius 3 is 2.17 bits per heavy atom. The molecule has 29 heavy (non-hydrogen) atoms. The van der Waals surface area contributed by atoms with Gasteiger partial charge < -0.3 is 21.1 Å². The van der Waals surface area contributed by atoms with Crippen LogP contribution in [0.1, 0.15) is 29.8 Å². The van der Waals surface area contributed by atoms with Gasteiger partial charge in [0.15, 0.2) is 11.9 Å². The number of nitrogens with one attached hydrogen (secondary N) is 2. The summed E-state index contributed by atoms with van der Waals surface area (Å²) in [4.78, 5) is 47.3. The topological polar surface area (TPSA) is 128 Å². The first kappa shape index (κ1) is 21.6. The zero-order valence-corrected chi connectivity index (χ0v) is 16.2. The number of anilines is 1. The zero-order valence-electron chi connectivity index (χ0n) is 16.2. The average Bonchev–Trinajstić information content (AvgIpc) is 2.68. The van der Waals surface area contributed by atoms with Gasteiger partial charge in [0.25, 0.3) is 5.91 Å². The van der Waals surface area contributed by atoms with Crippen LogP contribution < -0.4 is 16.4 Å². The van der Waals surface area contributed by atoms with Crippen molar-refractivity contribution in [2.75, 3.05) is 5.32 Å². The number of urea groups is 1. The van der Waals surface area contributed by atoms with E-state index in [9.17, 15) is 19.2 Å². The Labute approximate surface area is 168 Å². The third-order valence-corrected chi connectivity index (χ3v) is 4.10. The fourth-order valence-corrected chi connectivity index (χ4v) is 2.56. The number of primary amides is 1. The summed E-state index contributed by atoms with van der Waals surface area (Å²) in [6.45, 7) is 2.86. The van der Waals surface area contributed by atoms with E-state index in [1.165, 1.54) is 13.8 Å². The maximum Gasteiger partial charge on any atom is 0.329 e. The fraction of sp³-hybridized carbons (Fsp3) is 0.238. The summed E-state index contributed by atoms with van der Waals surface area (Å²) < 4.78 is 5.21. The second kappa shape index (κ2) is 10.0. The predicted molar refractivity (Wildman–Crippen MR) is 107 cm³/mol. The van der Waals surface area contributed by atoms with Crippen molar-refractivity contribution in [3.63, 3.8) is 0 Å². The molecule has 2 aromatic carbocycles. The highest BCUT2D eigenvalue weighted by atomic mass is 16.5. The van der Waals surface area contributed by atoms with Crippen LogP contribution in [0.3, 0.4) is 0 Å². The zero-order chi connectivity index (χ0) is 21.4. The Kier molecular flexibility index (Phi) is 7.47. The van der Waals surface area contributed by atoms with Gasteiger partial charge in [-0.05, 0) is 43.7 Å². The summed E-state index contributed by atoms with van der Waals surface area (Å²) in [5, 5.41) is 4.94. The number of benzene rings is 2. The molecule has 0 aromatic heterocycles. The lowest BCUT2D eigenvalue weighted by atomic mass is 10.1. The third kappa shape index (κ3) is 6.76. The number of carbonyl (C=O) groups excluding carboxylic acids is 4. The van der Waals surface area contributed by atoms with E-state index in [4.69, 9.17) is 10.5 Å². The van der Waals surface area contributed by atoms with Crippen molar-refractivity contribution in [1.82, 2.24) is 5.32 Å². The molecule has 152 valence electrons. The third-order valence-electron chi connectivity index (χ3n) is 4.10. The quantitative estimate of drug-likeness (QED) is 0.464. The van der Waals surface area contributed by atoms with Crippen molar-refractivity contribution in [2.45, 2.75) is 32.4 Å². The molecule has 0 saturated carbocycles. The number of rotatable bonds is 8. The molecule has 0 bridgehead atoms. The fourth-order valence-electron chi connectivity index (χ4n) is 2.56.